The van der Waals surface area contributed by atoms with E-state index in [-0.39, 0.29) is 6.04 Å². The van der Waals surface area contributed by atoms with Crippen LogP contribution in [-0.2, 0) is 9.57 Å². The highest BCUT2D eigenvalue weighted by atomic mass is 16.8. The van der Waals surface area contributed by atoms with Gasteiger partial charge in [0.25, 0.3) is 0 Å². The first-order chi connectivity index (χ1) is 7.81. The molecule has 0 bridgehead atoms. The van der Waals surface area contributed by atoms with Crippen LogP contribution in [0.15, 0.2) is 30.3 Å². The minimum Gasteiger partial charge on any atom is -0.436 e. The van der Waals surface area contributed by atoms with Gasteiger partial charge in [-0.05, 0) is 24.3 Å². The lowest BCUT2D eigenvalue weighted by molar-refractivity contribution is 0.0113. The molecule has 0 aliphatic heterocycles. The van der Waals surface area contributed by atoms with Gasteiger partial charge in [-0.3, -0.25) is 0 Å². The Morgan fingerprint density at radius 2 is 2.06 bits per heavy atom. The van der Waals surface area contributed by atoms with Crippen LogP contribution in [0.25, 0.3) is 0 Å². The van der Waals surface area contributed by atoms with Crippen LogP contribution in [0.2, 0.25) is 0 Å². The fourth-order valence-corrected chi connectivity index (χ4v) is 1.68. The van der Waals surface area contributed by atoms with Crippen LogP contribution >= 0.6 is 0 Å². The maximum Gasteiger partial charge on any atom is 0.527 e. The summed E-state index contributed by atoms with van der Waals surface area (Å²) in [6.45, 7) is 0. The van der Waals surface area contributed by atoms with Crippen molar-refractivity contribution in [2.75, 3.05) is 7.11 Å². The highest BCUT2D eigenvalue weighted by molar-refractivity contribution is 5.59. The van der Waals surface area contributed by atoms with Crippen LogP contribution in [0.3, 0.4) is 0 Å². The maximum absolute atomic E-state index is 10.9. The maximum atomic E-state index is 10.9. The van der Waals surface area contributed by atoms with Crippen molar-refractivity contribution in [2.45, 2.75) is 18.9 Å². The first kappa shape index (κ1) is 11.0. The standard InChI is InChI=1S/C12H15NO3/c1-15-12(14)16-13-11(10-7-8-10)9-5-3-2-4-6-9/h2-6,10-11,13H,7-8H2,1H3. The van der Waals surface area contributed by atoms with E-state index >= 15 is 0 Å². The van der Waals surface area contributed by atoms with Gasteiger partial charge in [-0.1, -0.05) is 30.3 Å². The number of hydrogen-bond acceptors (Lipinski definition) is 4. The number of benzene rings is 1. The van der Waals surface area contributed by atoms with Crippen molar-refractivity contribution in [1.82, 2.24) is 5.48 Å². The molecular weight excluding hydrogens is 206 g/mol. The summed E-state index contributed by atoms with van der Waals surface area (Å²) in [6.07, 6.45) is 1.62. The lowest BCUT2D eigenvalue weighted by atomic mass is 10.0. The van der Waals surface area contributed by atoms with Gasteiger partial charge >= 0.3 is 6.16 Å². The molecular formula is C12H15NO3. The van der Waals surface area contributed by atoms with E-state index in [0.717, 1.165) is 18.4 Å². The molecule has 1 atom stereocenters. The molecule has 0 saturated heterocycles. The summed E-state index contributed by atoms with van der Waals surface area (Å²) < 4.78 is 4.41. The van der Waals surface area contributed by atoms with Gasteiger partial charge in [0.2, 0.25) is 0 Å². The Labute approximate surface area is 94.5 Å². The molecule has 1 aromatic rings. The fraction of sp³-hybridized carbons (Fsp3) is 0.417. The van der Waals surface area contributed by atoms with Gasteiger partial charge in [-0.15, -0.1) is 5.48 Å². The minimum atomic E-state index is -0.707. The normalized spacial score (nSPS) is 16.6. The van der Waals surface area contributed by atoms with Gasteiger partial charge in [-0.2, -0.15) is 0 Å². The zero-order valence-corrected chi connectivity index (χ0v) is 9.18. The summed E-state index contributed by atoms with van der Waals surface area (Å²) in [6, 6.07) is 10.0. The van der Waals surface area contributed by atoms with E-state index in [1.165, 1.54) is 7.11 Å². The SMILES string of the molecule is COC(=O)ONC(c1ccccc1)C1CC1. The molecule has 16 heavy (non-hydrogen) atoms. The smallest absolute Gasteiger partial charge is 0.436 e. The molecule has 2 rings (SSSR count). The average molecular weight is 221 g/mol. The van der Waals surface area contributed by atoms with Crippen molar-refractivity contribution in [1.29, 1.82) is 0 Å². The molecule has 1 unspecified atom stereocenters. The number of carbonyl (C=O) groups is 1. The van der Waals surface area contributed by atoms with Crippen molar-refractivity contribution in [3.8, 4) is 0 Å². The largest absolute Gasteiger partial charge is 0.527 e. The van der Waals surface area contributed by atoms with Crippen molar-refractivity contribution in [3.63, 3.8) is 0 Å². The van der Waals surface area contributed by atoms with Crippen molar-refractivity contribution in [3.05, 3.63) is 35.9 Å². The highest BCUT2D eigenvalue weighted by Gasteiger charge is 2.33. The van der Waals surface area contributed by atoms with Crippen molar-refractivity contribution in [2.24, 2.45) is 5.92 Å². The number of hydrogen-bond donors (Lipinski definition) is 1. The van der Waals surface area contributed by atoms with Crippen LogP contribution in [0.5, 0.6) is 0 Å². The fourth-order valence-electron chi connectivity index (χ4n) is 1.68. The van der Waals surface area contributed by atoms with E-state index in [1.54, 1.807) is 0 Å². The molecule has 1 aromatic carbocycles. The topological polar surface area (TPSA) is 47.6 Å². The van der Waals surface area contributed by atoms with Gasteiger partial charge in [0.1, 0.15) is 0 Å². The average Bonchev–Trinajstić information content (AvgIpc) is 3.15. The summed E-state index contributed by atoms with van der Waals surface area (Å²) in [5, 5.41) is 0. The quantitative estimate of drug-likeness (QED) is 0.626. The second kappa shape index (κ2) is 4.99. The summed E-state index contributed by atoms with van der Waals surface area (Å²) >= 11 is 0. The summed E-state index contributed by atoms with van der Waals surface area (Å²) in [4.78, 5) is 15.7. The van der Waals surface area contributed by atoms with Crippen molar-refractivity contribution >= 4 is 6.16 Å². The van der Waals surface area contributed by atoms with E-state index < -0.39 is 6.16 Å². The van der Waals surface area contributed by atoms with Gasteiger partial charge < -0.3 is 9.57 Å². The van der Waals surface area contributed by atoms with Crippen LogP contribution in [0, 0.1) is 5.92 Å². The van der Waals surface area contributed by atoms with E-state index in [9.17, 15) is 4.79 Å². The van der Waals surface area contributed by atoms with Crippen LogP contribution in [-0.4, -0.2) is 13.3 Å². The molecule has 0 amide bonds. The van der Waals surface area contributed by atoms with Crippen LogP contribution < -0.4 is 5.48 Å². The van der Waals surface area contributed by atoms with Crippen LogP contribution in [0.4, 0.5) is 4.79 Å². The van der Waals surface area contributed by atoms with E-state index in [4.69, 9.17) is 4.84 Å². The second-order valence-electron chi connectivity index (χ2n) is 3.90. The zero-order valence-electron chi connectivity index (χ0n) is 9.18. The second-order valence-corrected chi connectivity index (χ2v) is 3.90. The Morgan fingerprint density at radius 3 is 2.62 bits per heavy atom. The highest BCUT2D eigenvalue weighted by Crippen LogP contribution is 2.40. The molecule has 1 aliphatic rings. The number of methoxy groups -OCH3 is 1. The molecule has 4 nitrogen and oxygen atoms in total. The summed E-state index contributed by atoms with van der Waals surface area (Å²) in [7, 11) is 1.29. The monoisotopic (exact) mass is 221 g/mol. The Balaban J connectivity index is 1.98. The third-order valence-corrected chi connectivity index (χ3v) is 2.69. The van der Waals surface area contributed by atoms with E-state index in [2.05, 4.69) is 10.2 Å². The Kier molecular flexibility index (Phi) is 3.41. The molecule has 86 valence electrons. The van der Waals surface area contributed by atoms with E-state index in [1.807, 2.05) is 30.3 Å². The zero-order chi connectivity index (χ0) is 11.4. The van der Waals surface area contributed by atoms with Crippen LogP contribution in [0.1, 0.15) is 24.4 Å². The molecule has 0 aromatic heterocycles. The van der Waals surface area contributed by atoms with Gasteiger partial charge in [0.05, 0.1) is 13.2 Å². The first-order valence-corrected chi connectivity index (χ1v) is 5.36. The molecule has 1 aliphatic carbocycles. The lowest BCUT2D eigenvalue weighted by Gasteiger charge is -2.17. The third-order valence-electron chi connectivity index (χ3n) is 2.69. The van der Waals surface area contributed by atoms with Gasteiger partial charge in [0, 0.05) is 0 Å². The number of nitrogens with one attached hydrogen (secondary N) is 1. The molecule has 1 N–H and O–H groups in total. The van der Waals surface area contributed by atoms with Gasteiger partial charge in [-0.25, -0.2) is 4.79 Å². The Bertz CT molecular complexity index is 349. The molecule has 0 spiro atoms. The molecule has 1 saturated carbocycles. The predicted octanol–water partition coefficient (Wildman–Crippen LogP) is 2.43. The van der Waals surface area contributed by atoms with Gasteiger partial charge in [0.15, 0.2) is 0 Å². The number of carbonyl (C=O) groups excluding carboxylic acids is 1. The Morgan fingerprint density at radius 1 is 1.38 bits per heavy atom. The summed E-state index contributed by atoms with van der Waals surface area (Å²) in [5.74, 6) is 0.548. The van der Waals surface area contributed by atoms with Crippen molar-refractivity contribution < 1.29 is 14.4 Å². The Hall–Kier alpha value is -1.55. The molecule has 0 heterocycles. The number of hydroxylamine groups is 1. The number of rotatable bonds is 4. The lowest BCUT2D eigenvalue weighted by Crippen LogP contribution is -2.26. The molecule has 4 heteroatoms. The molecule has 0 radical (unpaired) electrons. The van der Waals surface area contributed by atoms with E-state index in [0.29, 0.717) is 5.92 Å². The first-order valence-electron chi connectivity index (χ1n) is 5.36. The third kappa shape index (κ3) is 2.73. The predicted molar refractivity (Wildman–Crippen MR) is 58.5 cm³/mol. The summed E-state index contributed by atoms with van der Waals surface area (Å²) in [5.41, 5.74) is 3.91. The minimum absolute atomic E-state index is 0.0697. The molecule has 1 fully saturated rings. The number of ether oxygens (including phenoxy) is 1.